The van der Waals surface area contributed by atoms with E-state index in [-0.39, 0.29) is 17.9 Å². The van der Waals surface area contributed by atoms with Crippen LogP contribution < -0.4 is 10.2 Å². The molecule has 2 aromatic rings. The molecule has 0 aromatic carbocycles. The summed E-state index contributed by atoms with van der Waals surface area (Å²) in [7, 11) is 1.79. The average Bonchev–Trinajstić information content (AvgIpc) is 2.88. The van der Waals surface area contributed by atoms with Crippen molar-refractivity contribution in [3.63, 3.8) is 0 Å². The molecule has 1 fully saturated rings. The lowest BCUT2D eigenvalue weighted by Crippen LogP contribution is -2.54. The molecule has 0 unspecified atom stereocenters. The highest BCUT2D eigenvalue weighted by Crippen LogP contribution is 2.27. The van der Waals surface area contributed by atoms with Crippen molar-refractivity contribution in [3.05, 3.63) is 6.33 Å². The molecule has 9 heteroatoms. The van der Waals surface area contributed by atoms with Crippen molar-refractivity contribution in [1.82, 2.24) is 30.3 Å². The molecule has 3 heterocycles. The van der Waals surface area contributed by atoms with E-state index < -0.39 is 0 Å². The molecule has 0 aliphatic carbocycles. The Morgan fingerprint density at radius 2 is 2.21 bits per heavy atom. The number of ether oxygens (including phenoxy) is 1. The van der Waals surface area contributed by atoms with Crippen LogP contribution in [0.4, 0.5) is 5.82 Å². The fraction of sp³-hybridized carbons (Fsp3) is 0.667. The maximum Gasteiger partial charge on any atom is 0.226 e. The second-order valence-electron chi connectivity index (χ2n) is 6.25. The van der Waals surface area contributed by atoms with Gasteiger partial charge in [-0.25, -0.2) is 14.6 Å². The molecular weight excluding hydrogens is 310 g/mol. The molecule has 1 saturated heterocycles. The summed E-state index contributed by atoms with van der Waals surface area (Å²) in [5.41, 5.74) is 1.36. The van der Waals surface area contributed by atoms with Gasteiger partial charge in [-0.2, -0.15) is 0 Å². The van der Waals surface area contributed by atoms with Gasteiger partial charge in [-0.3, -0.25) is 4.79 Å². The molecule has 0 atom stereocenters. The van der Waals surface area contributed by atoms with Crippen LogP contribution in [0.25, 0.3) is 11.2 Å². The number of amides is 1. The second-order valence-corrected chi connectivity index (χ2v) is 6.25. The summed E-state index contributed by atoms with van der Waals surface area (Å²) in [4.78, 5) is 22.6. The van der Waals surface area contributed by atoms with Gasteiger partial charge in [0, 0.05) is 33.3 Å². The Balaban J connectivity index is 1.47. The zero-order valence-electron chi connectivity index (χ0n) is 14.3. The highest BCUT2D eigenvalue weighted by Gasteiger charge is 2.34. The number of rotatable bonds is 7. The highest BCUT2D eigenvalue weighted by molar-refractivity contribution is 5.86. The number of anilines is 1. The van der Waals surface area contributed by atoms with Gasteiger partial charge in [0.25, 0.3) is 0 Å². The molecule has 0 bridgehead atoms. The number of nitrogens with zero attached hydrogens (tertiary/aromatic N) is 6. The van der Waals surface area contributed by atoms with Crippen LogP contribution in [0.5, 0.6) is 0 Å². The zero-order chi connectivity index (χ0) is 17.1. The molecule has 0 saturated carbocycles. The molecule has 0 spiro atoms. The Morgan fingerprint density at radius 3 is 2.96 bits per heavy atom. The lowest BCUT2D eigenvalue weighted by molar-refractivity contribution is -0.125. The number of carbonyl (C=O) groups is 1. The summed E-state index contributed by atoms with van der Waals surface area (Å²) in [6, 6.07) is 0. The van der Waals surface area contributed by atoms with Crippen LogP contribution in [0.2, 0.25) is 0 Å². The Morgan fingerprint density at radius 1 is 1.42 bits per heavy atom. The van der Waals surface area contributed by atoms with Crippen molar-refractivity contribution < 1.29 is 9.53 Å². The van der Waals surface area contributed by atoms with Gasteiger partial charge in [-0.05, 0) is 20.3 Å². The minimum Gasteiger partial charge on any atom is -0.379 e. The van der Waals surface area contributed by atoms with E-state index in [9.17, 15) is 4.79 Å². The minimum absolute atomic E-state index is 0.0160. The van der Waals surface area contributed by atoms with Gasteiger partial charge in [-0.15, -0.1) is 5.10 Å². The van der Waals surface area contributed by atoms with Gasteiger partial charge >= 0.3 is 0 Å². The fourth-order valence-electron chi connectivity index (χ4n) is 2.64. The first-order chi connectivity index (χ1) is 11.6. The van der Waals surface area contributed by atoms with Gasteiger partial charge in [0.2, 0.25) is 5.91 Å². The van der Waals surface area contributed by atoms with E-state index in [0.717, 1.165) is 12.2 Å². The third-order valence-corrected chi connectivity index (χ3v) is 3.99. The maximum atomic E-state index is 12.1. The van der Waals surface area contributed by atoms with Gasteiger partial charge < -0.3 is 15.0 Å². The number of nitrogens with one attached hydrogen (secondary N) is 1. The van der Waals surface area contributed by atoms with Crippen molar-refractivity contribution in [1.29, 1.82) is 0 Å². The lowest BCUT2D eigenvalue weighted by Gasteiger charge is -2.38. The van der Waals surface area contributed by atoms with Crippen molar-refractivity contribution in [2.45, 2.75) is 26.4 Å². The number of hydrogen-bond donors (Lipinski definition) is 1. The molecular formula is C15H23N7O2. The monoisotopic (exact) mass is 333 g/mol. The number of hydrogen-bond acceptors (Lipinski definition) is 7. The molecule has 1 amide bonds. The summed E-state index contributed by atoms with van der Waals surface area (Å²) in [5.74, 6) is 0.806. The maximum absolute atomic E-state index is 12.1. The zero-order valence-corrected chi connectivity index (χ0v) is 14.3. The SMILES string of the molecule is CC(C)OCCCNC(=O)C1CN(c2ncnc3c2nnn3C)C1. The van der Waals surface area contributed by atoms with E-state index in [0.29, 0.717) is 37.4 Å². The predicted octanol–water partition coefficient (Wildman–Crippen LogP) is 0.126. The minimum atomic E-state index is -0.0160. The normalized spacial score (nSPS) is 15.1. The van der Waals surface area contributed by atoms with Crippen LogP contribution in [-0.4, -0.2) is 63.2 Å². The van der Waals surface area contributed by atoms with E-state index in [1.165, 1.54) is 6.33 Å². The van der Waals surface area contributed by atoms with Gasteiger partial charge in [0.1, 0.15) is 6.33 Å². The summed E-state index contributed by atoms with van der Waals surface area (Å²) in [6.07, 6.45) is 2.56. The first kappa shape index (κ1) is 16.6. The Labute approximate surface area is 140 Å². The predicted molar refractivity (Wildman–Crippen MR) is 88.5 cm³/mol. The average molecular weight is 333 g/mol. The number of aromatic nitrogens is 5. The Kier molecular flexibility index (Phi) is 4.89. The fourth-order valence-corrected chi connectivity index (χ4v) is 2.64. The quantitative estimate of drug-likeness (QED) is 0.719. The van der Waals surface area contributed by atoms with Crippen molar-refractivity contribution >= 4 is 22.9 Å². The van der Waals surface area contributed by atoms with E-state index in [1.54, 1.807) is 11.7 Å². The van der Waals surface area contributed by atoms with Gasteiger partial charge in [0.05, 0.1) is 12.0 Å². The Bertz CT molecular complexity index is 709. The molecule has 24 heavy (non-hydrogen) atoms. The van der Waals surface area contributed by atoms with Gasteiger partial charge in [0.15, 0.2) is 17.0 Å². The van der Waals surface area contributed by atoms with Crippen LogP contribution in [0, 0.1) is 5.92 Å². The Hall–Kier alpha value is -2.29. The number of fused-ring (bicyclic) bond motifs is 1. The van der Waals surface area contributed by atoms with E-state index in [1.807, 2.05) is 18.7 Å². The smallest absolute Gasteiger partial charge is 0.226 e. The van der Waals surface area contributed by atoms with E-state index in [4.69, 9.17) is 4.74 Å². The largest absolute Gasteiger partial charge is 0.379 e. The van der Waals surface area contributed by atoms with Crippen molar-refractivity contribution in [2.75, 3.05) is 31.1 Å². The summed E-state index contributed by atoms with van der Waals surface area (Å²) < 4.78 is 7.07. The molecule has 3 rings (SSSR count). The van der Waals surface area contributed by atoms with Crippen molar-refractivity contribution in [2.24, 2.45) is 13.0 Å². The molecule has 130 valence electrons. The standard InChI is InChI=1S/C15H23N7O2/c1-10(2)24-6-4-5-16-15(23)11-7-22(8-11)14-12-13(17-9-18-14)21(3)20-19-12/h9-11H,4-8H2,1-3H3,(H,16,23). The lowest BCUT2D eigenvalue weighted by atomic mass is 9.99. The first-order valence-electron chi connectivity index (χ1n) is 8.21. The topological polar surface area (TPSA) is 98.1 Å². The molecule has 1 N–H and O–H groups in total. The van der Waals surface area contributed by atoms with Crippen LogP contribution in [-0.2, 0) is 16.6 Å². The first-order valence-corrected chi connectivity index (χ1v) is 8.21. The van der Waals surface area contributed by atoms with Crippen LogP contribution >= 0.6 is 0 Å². The molecule has 0 radical (unpaired) electrons. The molecule has 2 aromatic heterocycles. The third kappa shape index (κ3) is 3.45. The number of aryl methyl sites for hydroxylation is 1. The highest BCUT2D eigenvalue weighted by atomic mass is 16.5. The van der Waals surface area contributed by atoms with Crippen LogP contribution in [0.15, 0.2) is 6.33 Å². The number of carbonyl (C=O) groups excluding carboxylic acids is 1. The van der Waals surface area contributed by atoms with Gasteiger partial charge in [-0.1, -0.05) is 5.21 Å². The summed E-state index contributed by atoms with van der Waals surface area (Å²) in [5, 5.41) is 11.0. The molecule has 9 nitrogen and oxygen atoms in total. The summed E-state index contributed by atoms with van der Waals surface area (Å²) in [6.45, 7) is 6.59. The van der Waals surface area contributed by atoms with Crippen LogP contribution in [0.1, 0.15) is 20.3 Å². The van der Waals surface area contributed by atoms with E-state index >= 15 is 0 Å². The van der Waals surface area contributed by atoms with Crippen LogP contribution in [0.3, 0.4) is 0 Å². The van der Waals surface area contributed by atoms with Crippen molar-refractivity contribution in [3.8, 4) is 0 Å². The summed E-state index contributed by atoms with van der Waals surface area (Å²) >= 11 is 0. The molecule has 1 aliphatic rings. The van der Waals surface area contributed by atoms with E-state index in [2.05, 4.69) is 25.6 Å². The molecule has 1 aliphatic heterocycles. The second kappa shape index (κ2) is 7.08. The third-order valence-electron chi connectivity index (χ3n) is 3.99.